The van der Waals surface area contributed by atoms with Crippen LogP contribution in [0.2, 0.25) is 0 Å². The Labute approximate surface area is 106 Å². The molecule has 0 spiro atoms. The molecule has 0 N–H and O–H groups in total. The summed E-state index contributed by atoms with van der Waals surface area (Å²) in [5.41, 5.74) is 2.50. The number of hydrogen-bond acceptors (Lipinski definition) is 2. The molecule has 0 radical (unpaired) electrons. The number of rotatable bonds is 1. The molecule has 3 rings (SSSR count). The molecular formula is C14H17N3O. The summed E-state index contributed by atoms with van der Waals surface area (Å²) in [4.78, 5) is 18.7. The molecule has 94 valence electrons. The van der Waals surface area contributed by atoms with E-state index in [1.165, 1.54) is 6.42 Å². The Morgan fingerprint density at radius 2 is 2.00 bits per heavy atom. The second-order valence-electron chi connectivity index (χ2n) is 4.87. The zero-order valence-electron chi connectivity index (χ0n) is 10.6. The molecule has 2 aromatic heterocycles. The van der Waals surface area contributed by atoms with Crippen molar-refractivity contribution in [3.8, 4) is 0 Å². The maximum Gasteiger partial charge on any atom is 0.274 e. The maximum atomic E-state index is 12.3. The highest BCUT2D eigenvalue weighted by molar-refractivity contribution is 5.93. The molecule has 1 fully saturated rings. The first-order chi connectivity index (χ1) is 8.75. The van der Waals surface area contributed by atoms with E-state index in [1.807, 2.05) is 40.6 Å². The molecular weight excluding hydrogens is 226 g/mol. The van der Waals surface area contributed by atoms with Gasteiger partial charge in [-0.25, -0.2) is 4.98 Å². The molecule has 1 amide bonds. The first-order valence-electron chi connectivity index (χ1n) is 6.50. The second-order valence-corrected chi connectivity index (χ2v) is 4.87. The van der Waals surface area contributed by atoms with Crippen molar-refractivity contribution in [3.05, 3.63) is 35.8 Å². The van der Waals surface area contributed by atoms with Gasteiger partial charge in [-0.2, -0.15) is 0 Å². The topological polar surface area (TPSA) is 37.6 Å². The largest absolute Gasteiger partial charge is 0.337 e. The van der Waals surface area contributed by atoms with Crippen LogP contribution in [0.15, 0.2) is 24.4 Å². The van der Waals surface area contributed by atoms with Crippen LogP contribution < -0.4 is 0 Å². The second kappa shape index (κ2) is 4.44. The number of imidazole rings is 1. The summed E-state index contributed by atoms with van der Waals surface area (Å²) in [6.07, 6.45) is 5.30. The number of hydrogen-bond donors (Lipinski definition) is 0. The predicted molar refractivity (Wildman–Crippen MR) is 69.7 cm³/mol. The van der Waals surface area contributed by atoms with Gasteiger partial charge >= 0.3 is 0 Å². The Morgan fingerprint density at radius 1 is 1.22 bits per heavy atom. The van der Waals surface area contributed by atoms with Crippen LogP contribution in [0.3, 0.4) is 0 Å². The molecule has 2 aromatic rings. The lowest BCUT2D eigenvalue weighted by molar-refractivity contribution is 0.0719. The summed E-state index contributed by atoms with van der Waals surface area (Å²) in [5, 5.41) is 0. The van der Waals surface area contributed by atoms with E-state index in [0.717, 1.165) is 37.3 Å². The van der Waals surface area contributed by atoms with Crippen molar-refractivity contribution in [2.75, 3.05) is 13.1 Å². The average Bonchev–Trinajstić information content (AvgIpc) is 2.84. The molecule has 0 aromatic carbocycles. The molecule has 1 aliphatic heterocycles. The molecule has 0 bridgehead atoms. The van der Waals surface area contributed by atoms with Crippen molar-refractivity contribution in [2.45, 2.75) is 26.2 Å². The van der Waals surface area contributed by atoms with E-state index in [9.17, 15) is 4.79 Å². The Kier molecular flexibility index (Phi) is 2.78. The van der Waals surface area contributed by atoms with Crippen molar-refractivity contribution in [1.29, 1.82) is 0 Å². The van der Waals surface area contributed by atoms with E-state index in [0.29, 0.717) is 5.69 Å². The van der Waals surface area contributed by atoms with Gasteiger partial charge in [-0.1, -0.05) is 6.07 Å². The van der Waals surface area contributed by atoms with E-state index < -0.39 is 0 Å². The minimum atomic E-state index is 0.0674. The van der Waals surface area contributed by atoms with Crippen LogP contribution in [-0.2, 0) is 0 Å². The highest BCUT2D eigenvalue weighted by Gasteiger charge is 2.20. The highest BCUT2D eigenvalue weighted by atomic mass is 16.2. The fraction of sp³-hybridized carbons (Fsp3) is 0.429. The lowest BCUT2D eigenvalue weighted by Gasteiger charge is -2.25. The van der Waals surface area contributed by atoms with E-state index in [2.05, 4.69) is 4.98 Å². The van der Waals surface area contributed by atoms with Crippen molar-refractivity contribution in [1.82, 2.24) is 14.3 Å². The Bertz CT molecular complexity index is 582. The number of carbonyl (C=O) groups is 1. The number of fused-ring (bicyclic) bond motifs is 1. The molecule has 0 aliphatic carbocycles. The lowest BCUT2D eigenvalue weighted by Crippen LogP contribution is -2.35. The standard InChI is InChI=1S/C14H17N3O/c1-11-6-5-7-13-15-12(10-17(11)13)14(18)16-8-3-2-4-9-16/h5-7,10H,2-4,8-9H2,1H3. The molecule has 0 atom stereocenters. The summed E-state index contributed by atoms with van der Waals surface area (Å²) in [6, 6.07) is 5.91. The fourth-order valence-electron chi connectivity index (χ4n) is 2.51. The van der Waals surface area contributed by atoms with Crippen LogP contribution in [0.25, 0.3) is 5.65 Å². The van der Waals surface area contributed by atoms with Gasteiger partial charge < -0.3 is 9.30 Å². The highest BCUT2D eigenvalue weighted by Crippen LogP contribution is 2.14. The predicted octanol–water partition coefficient (Wildman–Crippen LogP) is 2.27. The van der Waals surface area contributed by atoms with Crippen molar-refractivity contribution in [2.24, 2.45) is 0 Å². The number of carbonyl (C=O) groups excluding carboxylic acids is 1. The quantitative estimate of drug-likeness (QED) is 0.770. The summed E-state index contributed by atoms with van der Waals surface area (Å²) in [7, 11) is 0. The SMILES string of the molecule is Cc1cccc2nc(C(=O)N3CCCCC3)cn12. The van der Waals surface area contributed by atoms with Crippen LogP contribution in [0.1, 0.15) is 35.4 Å². The molecule has 1 saturated heterocycles. The third-order valence-corrected chi connectivity index (χ3v) is 3.56. The van der Waals surface area contributed by atoms with Gasteiger partial charge in [-0.15, -0.1) is 0 Å². The van der Waals surface area contributed by atoms with Gasteiger partial charge in [0.1, 0.15) is 11.3 Å². The summed E-state index contributed by atoms with van der Waals surface area (Å²) in [6.45, 7) is 3.75. The van der Waals surface area contributed by atoms with Crippen LogP contribution in [-0.4, -0.2) is 33.3 Å². The summed E-state index contributed by atoms with van der Waals surface area (Å²) >= 11 is 0. The minimum Gasteiger partial charge on any atom is -0.337 e. The van der Waals surface area contributed by atoms with Crippen molar-refractivity contribution >= 4 is 11.6 Å². The normalized spacial score (nSPS) is 16.2. The molecule has 0 unspecified atom stereocenters. The molecule has 18 heavy (non-hydrogen) atoms. The molecule has 0 saturated carbocycles. The van der Waals surface area contributed by atoms with Gasteiger partial charge in [-0.3, -0.25) is 4.79 Å². The summed E-state index contributed by atoms with van der Waals surface area (Å²) in [5.74, 6) is 0.0674. The van der Waals surface area contributed by atoms with Crippen LogP contribution in [0.4, 0.5) is 0 Å². The van der Waals surface area contributed by atoms with Crippen LogP contribution >= 0.6 is 0 Å². The van der Waals surface area contributed by atoms with Gasteiger partial charge in [0.25, 0.3) is 5.91 Å². The molecule has 3 heterocycles. The Hall–Kier alpha value is -1.84. The van der Waals surface area contributed by atoms with E-state index >= 15 is 0 Å². The van der Waals surface area contributed by atoms with E-state index in [4.69, 9.17) is 0 Å². The molecule has 1 aliphatic rings. The van der Waals surface area contributed by atoms with E-state index in [-0.39, 0.29) is 5.91 Å². The van der Waals surface area contributed by atoms with Crippen LogP contribution in [0, 0.1) is 6.92 Å². The zero-order valence-corrected chi connectivity index (χ0v) is 10.6. The van der Waals surface area contributed by atoms with E-state index in [1.54, 1.807) is 0 Å². The van der Waals surface area contributed by atoms with Gasteiger partial charge in [0.15, 0.2) is 0 Å². The van der Waals surface area contributed by atoms with Crippen molar-refractivity contribution < 1.29 is 4.79 Å². The van der Waals surface area contributed by atoms with Crippen molar-refractivity contribution in [3.63, 3.8) is 0 Å². The number of amides is 1. The molecule has 4 nitrogen and oxygen atoms in total. The Morgan fingerprint density at radius 3 is 2.72 bits per heavy atom. The minimum absolute atomic E-state index is 0.0674. The number of piperidine rings is 1. The van der Waals surface area contributed by atoms with Gasteiger partial charge in [-0.05, 0) is 38.3 Å². The van der Waals surface area contributed by atoms with Crippen LogP contribution in [0.5, 0.6) is 0 Å². The smallest absolute Gasteiger partial charge is 0.274 e. The third-order valence-electron chi connectivity index (χ3n) is 3.56. The van der Waals surface area contributed by atoms with Gasteiger partial charge in [0.05, 0.1) is 0 Å². The fourth-order valence-corrected chi connectivity index (χ4v) is 2.51. The third kappa shape index (κ3) is 1.88. The number of pyridine rings is 1. The average molecular weight is 243 g/mol. The summed E-state index contributed by atoms with van der Waals surface area (Å²) < 4.78 is 1.97. The number of aromatic nitrogens is 2. The first-order valence-corrected chi connectivity index (χ1v) is 6.50. The molecule has 4 heteroatoms. The maximum absolute atomic E-state index is 12.3. The number of likely N-dealkylation sites (tertiary alicyclic amines) is 1. The van der Waals surface area contributed by atoms with Gasteiger partial charge in [0.2, 0.25) is 0 Å². The Balaban J connectivity index is 1.94. The van der Waals surface area contributed by atoms with Gasteiger partial charge in [0, 0.05) is 25.0 Å². The lowest BCUT2D eigenvalue weighted by atomic mass is 10.1. The monoisotopic (exact) mass is 243 g/mol. The number of nitrogens with zero attached hydrogens (tertiary/aromatic N) is 3. The number of aryl methyl sites for hydroxylation is 1. The first kappa shape index (κ1) is 11.3. The zero-order chi connectivity index (χ0) is 12.5.